The van der Waals surface area contributed by atoms with E-state index < -0.39 is 5.54 Å². The number of fused-ring (bicyclic) bond motifs is 1. The predicted molar refractivity (Wildman–Crippen MR) is 160 cm³/mol. The summed E-state index contributed by atoms with van der Waals surface area (Å²) in [5.41, 5.74) is 3.80. The smallest absolute Gasteiger partial charge is 0.326 e. The molecule has 1 amide bonds. The minimum Gasteiger partial charge on any atom is -0.508 e. The number of aromatic nitrogens is 2. The fourth-order valence-corrected chi connectivity index (χ4v) is 6.39. The quantitative estimate of drug-likeness (QED) is 0.269. The van der Waals surface area contributed by atoms with Crippen molar-refractivity contribution in [1.29, 1.82) is 0 Å². The summed E-state index contributed by atoms with van der Waals surface area (Å²) >= 11 is 0. The van der Waals surface area contributed by atoms with Gasteiger partial charge >= 0.3 is 5.69 Å². The monoisotopic (exact) mass is 538 g/mol. The van der Waals surface area contributed by atoms with E-state index in [1.165, 1.54) is 0 Å². The van der Waals surface area contributed by atoms with Gasteiger partial charge in [0.25, 0.3) is 5.91 Å². The summed E-state index contributed by atoms with van der Waals surface area (Å²) in [6.07, 6.45) is 4.16. The molecular formula is C33H38N4O3. The standard InChI is InChI=1S/C33H38N4O3/c1-4-20-33(26-10-9-11-28(38)23-26,25-16-14-24(15-17-25)31(39)35(5-2)6-3)36-21-18-27(19-22-36)37-30-13-8-7-12-29(30)34-32(37)40/h4,7-17,23,27,38H,1,5-6,18-22H2,2-3H3,(H,34,40). The molecule has 0 aliphatic carbocycles. The number of aromatic amines is 1. The summed E-state index contributed by atoms with van der Waals surface area (Å²) in [5.74, 6) is 0.229. The molecule has 1 fully saturated rings. The normalized spacial score (nSPS) is 16.1. The minimum atomic E-state index is -0.590. The van der Waals surface area contributed by atoms with E-state index in [2.05, 4.69) is 22.5 Å². The van der Waals surface area contributed by atoms with Crippen LogP contribution in [0.15, 0.2) is 90.2 Å². The average Bonchev–Trinajstić information content (AvgIpc) is 3.32. The summed E-state index contributed by atoms with van der Waals surface area (Å²) < 4.78 is 1.91. The number of piperidine rings is 1. The number of nitrogens with one attached hydrogen (secondary N) is 1. The van der Waals surface area contributed by atoms with Gasteiger partial charge in [-0.1, -0.05) is 42.5 Å². The maximum atomic E-state index is 13.0. The lowest BCUT2D eigenvalue weighted by molar-refractivity contribution is 0.0767. The van der Waals surface area contributed by atoms with Gasteiger partial charge in [-0.3, -0.25) is 14.3 Å². The van der Waals surface area contributed by atoms with Crippen LogP contribution in [0.25, 0.3) is 11.0 Å². The Morgan fingerprint density at radius 1 is 1.02 bits per heavy atom. The molecule has 3 aromatic carbocycles. The molecule has 4 aromatic rings. The van der Waals surface area contributed by atoms with Crippen LogP contribution in [0.5, 0.6) is 5.75 Å². The van der Waals surface area contributed by atoms with Gasteiger partial charge in [-0.25, -0.2) is 4.79 Å². The third-order valence-electron chi connectivity index (χ3n) is 8.42. The average molecular weight is 539 g/mol. The SMILES string of the molecule is C=CCC(c1ccc(C(=O)N(CC)CC)cc1)(c1cccc(O)c1)N1CCC(n2c(=O)[nH]c3ccccc32)CC1. The Morgan fingerprint density at radius 2 is 1.73 bits per heavy atom. The van der Waals surface area contributed by atoms with Crippen molar-refractivity contribution in [1.82, 2.24) is 19.4 Å². The van der Waals surface area contributed by atoms with Gasteiger partial charge in [-0.05, 0) is 80.6 Å². The molecule has 1 atom stereocenters. The minimum absolute atomic E-state index is 0.0215. The number of hydrogen-bond acceptors (Lipinski definition) is 4. The fraction of sp³-hybridized carbons (Fsp3) is 0.333. The van der Waals surface area contributed by atoms with E-state index in [0.29, 0.717) is 25.1 Å². The van der Waals surface area contributed by atoms with E-state index in [-0.39, 0.29) is 23.4 Å². The maximum Gasteiger partial charge on any atom is 0.326 e. The molecule has 7 heteroatoms. The van der Waals surface area contributed by atoms with E-state index in [1.807, 2.05) is 90.1 Å². The zero-order chi connectivity index (χ0) is 28.3. The molecule has 0 saturated carbocycles. The Hall–Kier alpha value is -4.10. The summed E-state index contributed by atoms with van der Waals surface area (Å²) in [6.45, 7) is 10.9. The first-order chi connectivity index (χ1) is 19.4. The van der Waals surface area contributed by atoms with E-state index in [1.54, 1.807) is 6.07 Å². The van der Waals surface area contributed by atoms with Gasteiger partial charge < -0.3 is 15.0 Å². The Kier molecular flexibility index (Phi) is 7.94. The van der Waals surface area contributed by atoms with Crippen molar-refractivity contribution >= 4 is 16.9 Å². The number of aromatic hydroxyl groups is 1. The number of nitrogens with zero attached hydrogens (tertiary/aromatic N) is 3. The lowest BCUT2D eigenvalue weighted by Gasteiger charge is -2.48. The molecule has 7 nitrogen and oxygen atoms in total. The van der Waals surface area contributed by atoms with Gasteiger partial charge in [0.15, 0.2) is 0 Å². The van der Waals surface area contributed by atoms with Crippen LogP contribution in [-0.4, -0.2) is 56.5 Å². The zero-order valence-corrected chi connectivity index (χ0v) is 23.3. The van der Waals surface area contributed by atoms with Gasteiger partial charge in [0, 0.05) is 37.8 Å². The first-order valence-electron chi connectivity index (χ1n) is 14.2. The topological polar surface area (TPSA) is 81.6 Å². The number of para-hydroxylation sites is 2. The second-order valence-corrected chi connectivity index (χ2v) is 10.5. The molecule has 1 aliphatic heterocycles. The molecule has 1 saturated heterocycles. The number of carbonyl (C=O) groups excluding carboxylic acids is 1. The van der Waals surface area contributed by atoms with Crippen molar-refractivity contribution in [3.8, 4) is 5.75 Å². The zero-order valence-electron chi connectivity index (χ0n) is 23.3. The molecule has 1 unspecified atom stereocenters. The van der Waals surface area contributed by atoms with E-state index in [4.69, 9.17) is 0 Å². The van der Waals surface area contributed by atoms with E-state index >= 15 is 0 Å². The number of benzene rings is 3. The second kappa shape index (κ2) is 11.6. The Morgan fingerprint density at radius 3 is 2.38 bits per heavy atom. The number of hydrogen-bond donors (Lipinski definition) is 2. The first kappa shape index (κ1) is 27.5. The molecule has 1 aromatic heterocycles. The Bertz CT molecular complexity index is 1540. The number of phenolic OH excluding ortho intramolecular Hbond substituents is 1. The Labute approximate surface area is 235 Å². The van der Waals surface area contributed by atoms with Crippen LogP contribution in [-0.2, 0) is 5.54 Å². The van der Waals surface area contributed by atoms with Gasteiger partial charge in [0.1, 0.15) is 5.75 Å². The summed E-state index contributed by atoms with van der Waals surface area (Å²) in [5, 5.41) is 10.5. The summed E-state index contributed by atoms with van der Waals surface area (Å²) in [7, 11) is 0. The van der Waals surface area contributed by atoms with E-state index in [9.17, 15) is 14.7 Å². The lowest BCUT2D eigenvalue weighted by atomic mass is 9.77. The molecule has 1 aliphatic rings. The van der Waals surface area contributed by atoms with Crippen LogP contribution in [0, 0.1) is 0 Å². The van der Waals surface area contributed by atoms with Crippen molar-refractivity contribution in [3.05, 3.63) is 113 Å². The third-order valence-corrected chi connectivity index (χ3v) is 8.42. The molecule has 40 heavy (non-hydrogen) atoms. The largest absolute Gasteiger partial charge is 0.508 e. The highest BCUT2D eigenvalue weighted by Crippen LogP contribution is 2.43. The summed E-state index contributed by atoms with van der Waals surface area (Å²) in [6, 6.07) is 23.3. The molecule has 2 heterocycles. The number of phenols is 1. The highest BCUT2D eigenvalue weighted by molar-refractivity contribution is 5.94. The number of amides is 1. The fourth-order valence-electron chi connectivity index (χ4n) is 6.39. The van der Waals surface area contributed by atoms with Crippen LogP contribution >= 0.6 is 0 Å². The number of rotatable bonds is 9. The van der Waals surface area contributed by atoms with Crippen LogP contribution in [0.1, 0.15) is 60.6 Å². The number of imidazole rings is 1. The van der Waals surface area contributed by atoms with Gasteiger partial charge in [-0.2, -0.15) is 0 Å². The summed E-state index contributed by atoms with van der Waals surface area (Å²) in [4.78, 5) is 33.2. The van der Waals surface area contributed by atoms with Gasteiger partial charge in [-0.15, -0.1) is 6.58 Å². The van der Waals surface area contributed by atoms with Crippen molar-refractivity contribution in [3.63, 3.8) is 0 Å². The molecular weight excluding hydrogens is 500 g/mol. The van der Waals surface area contributed by atoms with Gasteiger partial charge in [0.05, 0.1) is 16.6 Å². The Balaban J connectivity index is 1.52. The van der Waals surface area contributed by atoms with Crippen LogP contribution in [0.4, 0.5) is 0 Å². The molecule has 208 valence electrons. The van der Waals surface area contributed by atoms with Crippen molar-refractivity contribution in [2.45, 2.75) is 44.7 Å². The van der Waals surface area contributed by atoms with Crippen molar-refractivity contribution in [2.24, 2.45) is 0 Å². The van der Waals surface area contributed by atoms with Crippen LogP contribution in [0.3, 0.4) is 0 Å². The van der Waals surface area contributed by atoms with Crippen LogP contribution in [0.2, 0.25) is 0 Å². The second-order valence-electron chi connectivity index (χ2n) is 10.5. The van der Waals surface area contributed by atoms with Crippen molar-refractivity contribution in [2.75, 3.05) is 26.2 Å². The molecule has 0 spiro atoms. The molecule has 2 N–H and O–H groups in total. The number of H-pyrrole nitrogens is 1. The lowest BCUT2D eigenvalue weighted by Crippen LogP contribution is -2.51. The maximum absolute atomic E-state index is 13.0. The van der Waals surface area contributed by atoms with Crippen LogP contribution < -0.4 is 5.69 Å². The number of likely N-dealkylation sites (tertiary alicyclic amines) is 1. The highest BCUT2D eigenvalue weighted by atomic mass is 16.3. The molecule has 0 radical (unpaired) electrons. The third kappa shape index (κ3) is 4.86. The van der Waals surface area contributed by atoms with Gasteiger partial charge in [0.2, 0.25) is 0 Å². The molecule has 5 rings (SSSR count). The number of carbonyl (C=O) groups is 1. The highest BCUT2D eigenvalue weighted by Gasteiger charge is 2.41. The van der Waals surface area contributed by atoms with E-state index in [0.717, 1.165) is 48.1 Å². The predicted octanol–water partition coefficient (Wildman–Crippen LogP) is 5.67. The first-order valence-corrected chi connectivity index (χ1v) is 14.2. The van der Waals surface area contributed by atoms with Crippen molar-refractivity contribution < 1.29 is 9.90 Å². The molecule has 0 bridgehead atoms.